The van der Waals surface area contributed by atoms with Gasteiger partial charge in [0.2, 0.25) is 0 Å². The molecule has 0 spiro atoms. The molecule has 0 aromatic heterocycles. The van der Waals surface area contributed by atoms with Crippen molar-refractivity contribution in [3.63, 3.8) is 0 Å². The van der Waals surface area contributed by atoms with Crippen molar-refractivity contribution < 1.29 is 0 Å². The molecule has 0 aliphatic heterocycles. The molecule has 2 heteroatoms. The molecule has 0 amide bonds. The molecule has 5 aromatic rings. The van der Waals surface area contributed by atoms with E-state index in [0.717, 1.165) is 28.2 Å². The quantitative estimate of drug-likeness (QED) is 0.314. The first-order chi connectivity index (χ1) is 14.8. The summed E-state index contributed by atoms with van der Waals surface area (Å²) in [6.45, 7) is 0. The molecule has 0 bridgehead atoms. The summed E-state index contributed by atoms with van der Waals surface area (Å²) in [7, 11) is 0. The van der Waals surface area contributed by atoms with E-state index < -0.39 is 0 Å². The fourth-order valence-corrected chi connectivity index (χ4v) is 4.03. The fraction of sp³-hybridized carbons (Fsp3) is 0. The number of para-hydroxylation sites is 3. The average molecular weight is 386 g/mol. The van der Waals surface area contributed by atoms with E-state index in [0.29, 0.717) is 0 Å². The van der Waals surface area contributed by atoms with E-state index in [1.54, 1.807) is 0 Å². The Morgan fingerprint density at radius 1 is 0.433 bits per heavy atom. The Morgan fingerprint density at radius 3 is 1.67 bits per heavy atom. The van der Waals surface area contributed by atoms with Gasteiger partial charge in [0, 0.05) is 28.2 Å². The van der Waals surface area contributed by atoms with Crippen LogP contribution in [0.3, 0.4) is 0 Å². The second-order valence-corrected chi connectivity index (χ2v) is 7.33. The lowest BCUT2D eigenvalue weighted by Crippen LogP contribution is -1.94. The molecule has 0 heterocycles. The molecular weight excluding hydrogens is 364 g/mol. The summed E-state index contributed by atoms with van der Waals surface area (Å²) >= 11 is 0. The Morgan fingerprint density at radius 2 is 0.967 bits per heavy atom. The van der Waals surface area contributed by atoms with E-state index in [1.165, 1.54) is 21.9 Å². The van der Waals surface area contributed by atoms with Gasteiger partial charge in [-0.15, -0.1) is 0 Å². The molecule has 0 aliphatic carbocycles. The van der Waals surface area contributed by atoms with Crippen molar-refractivity contribution >= 4 is 27.8 Å². The predicted octanol–water partition coefficient (Wildman–Crippen LogP) is 7.50. The maximum atomic E-state index is 6.29. The number of hydrogen-bond acceptors (Lipinski definition) is 2. The van der Waals surface area contributed by atoms with Crippen LogP contribution in [0.25, 0.3) is 33.0 Å². The summed E-state index contributed by atoms with van der Waals surface area (Å²) in [6.07, 6.45) is 0. The van der Waals surface area contributed by atoms with Gasteiger partial charge in [0.05, 0.1) is 0 Å². The van der Waals surface area contributed by atoms with Crippen molar-refractivity contribution in [2.45, 2.75) is 0 Å². The van der Waals surface area contributed by atoms with Crippen molar-refractivity contribution in [3.05, 3.63) is 115 Å². The average Bonchev–Trinajstić information content (AvgIpc) is 2.80. The van der Waals surface area contributed by atoms with Crippen LogP contribution in [0.5, 0.6) is 0 Å². The van der Waals surface area contributed by atoms with Gasteiger partial charge in [-0.1, -0.05) is 91.0 Å². The Hall–Kier alpha value is -4.04. The van der Waals surface area contributed by atoms with Crippen LogP contribution in [0.1, 0.15) is 0 Å². The summed E-state index contributed by atoms with van der Waals surface area (Å²) in [5.74, 6) is 0. The SMILES string of the molecule is Nc1ccccc1-c1cccc2c(-c3ccccc3Nc3ccccc3)cccc12. The van der Waals surface area contributed by atoms with Gasteiger partial charge in [0.15, 0.2) is 0 Å². The van der Waals surface area contributed by atoms with Gasteiger partial charge in [-0.3, -0.25) is 0 Å². The van der Waals surface area contributed by atoms with Crippen molar-refractivity contribution in [2.75, 3.05) is 11.1 Å². The van der Waals surface area contributed by atoms with Crippen LogP contribution >= 0.6 is 0 Å². The first kappa shape index (κ1) is 18.0. The van der Waals surface area contributed by atoms with Crippen LogP contribution in [0.2, 0.25) is 0 Å². The number of rotatable bonds is 4. The molecule has 0 aliphatic rings. The molecule has 0 fully saturated rings. The first-order valence-corrected chi connectivity index (χ1v) is 10.1. The van der Waals surface area contributed by atoms with Gasteiger partial charge in [-0.2, -0.15) is 0 Å². The van der Waals surface area contributed by atoms with E-state index in [2.05, 4.69) is 84.2 Å². The lowest BCUT2D eigenvalue weighted by molar-refractivity contribution is 1.54. The Balaban J connectivity index is 1.69. The van der Waals surface area contributed by atoms with Gasteiger partial charge in [-0.25, -0.2) is 0 Å². The molecule has 144 valence electrons. The minimum Gasteiger partial charge on any atom is -0.398 e. The third kappa shape index (κ3) is 3.29. The summed E-state index contributed by atoms with van der Waals surface area (Å²) in [4.78, 5) is 0. The second kappa shape index (κ2) is 7.76. The Bertz CT molecular complexity index is 1320. The highest BCUT2D eigenvalue weighted by molar-refractivity contribution is 6.07. The third-order valence-corrected chi connectivity index (χ3v) is 5.44. The van der Waals surface area contributed by atoms with Crippen LogP contribution in [-0.2, 0) is 0 Å². The standard InChI is InChI=1S/C28H22N2/c29-27-18-6-4-12-25(27)23-16-8-15-22-21(23)14-9-17-24(22)26-13-5-7-19-28(26)30-20-10-2-1-3-11-20/h1-19,30H,29H2. The van der Waals surface area contributed by atoms with Crippen molar-refractivity contribution in [2.24, 2.45) is 0 Å². The smallest absolute Gasteiger partial charge is 0.0464 e. The maximum absolute atomic E-state index is 6.29. The minimum absolute atomic E-state index is 0.793. The fourth-order valence-electron chi connectivity index (χ4n) is 4.03. The Kier molecular flexibility index (Phi) is 4.66. The molecule has 30 heavy (non-hydrogen) atoms. The summed E-state index contributed by atoms with van der Waals surface area (Å²) in [5.41, 5.74) is 13.8. The topological polar surface area (TPSA) is 38.0 Å². The molecule has 0 saturated carbocycles. The zero-order chi connectivity index (χ0) is 20.3. The number of fused-ring (bicyclic) bond motifs is 1. The van der Waals surface area contributed by atoms with Gasteiger partial charge >= 0.3 is 0 Å². The molecule has 5 rings (SSSR count). The molecule has 0 unspecified atom stereocenters. The molecule has 0 atom stereocenters. The predicted molar refractivity (Wildman–Crippen MR) is 129 cm³/mol. The zero-order valence-corrected chi connectivity index (χ0v) is 16.5. The van der Waals surface area contributed by atoms with Crippen LogP contribution in [0.4, 0.5) is 17.1 Å². The van der Waals surface area contributed by atoms with Crippen LogP contribution in [-0.4, -0.2) is 0 Å². The van der Waals surface area contributed by atoms with Crippen LogP contribution < -0.4 is 11.1 Å². The van der Waals surface area contributed by atoms with Gasteiger partial charge in [0.25, 0.3) is 0 Å². The number of nitrogens with two attached hydrogens (primary N) is 1. The second-order valence-electron chi connectivity index (χ2n) is 7.33. The lowest BCUT2D eigenvalue weighted by atomic mass is 9.92. The molecule has 0 radical (unpaired) electrons. The summed E-state index contributed by atoms with van der Waals surface area (Å²) in [6, 6.07) is 39.7. The first-order valence-electron chi connectivity index (χ1n) is 10.1. The largest absolute Gasteiger partial charge is 0.398 e. The van der Waals surface area contributed by atoms with E-state index in [-0.39, 0.29) is 0 Å². The zero-order valence-electron chi connectivity index (χ0n) is 16.5. The van der Waals surface area contributed by atoms with Crippen molar-refractivity contribution in [1.29, 1.82) is 0 Å². The van der Waals surface area contributed by atoms with E-state index >= 15 is 0 Å². The molecular formula is C28H22N2. The monoisotopic (exact) mass is 386 g/mol. The van der Waals surface area contributed by atoms with Crippen molar-refractivity contribution in [1.82, 2.24) is 0 Å². The van der Waals surface area contributed by atoms with Crippen LogP contribution in [0.15, 0.2) is 115 Å². The maximum Gasteiger partial charge on any atom is 0.0464 e. The van der Waals surface area contributed by atoms with E-state index in [9.17, 15) is 0 Å². The minimum atomic E-state index is 0.793. The van der Waals surface area contributed by atoms with Crippen LogP contribution in [0, 0.1) is 0 Å². The normalized spacial score (nSPS) is 10.8. The van der Waals surface area contributed by atoms with E-state index in [4.69, 9.17) is 5.73 Å². The number of nitrogens with one attached hydrogen (secondary N) is 1. The Labute approximate surface area is 176 Å². The number of benzene rings is 5. The molecule has 3 N–H and O–H groups in total. The van der Waals surface area contributed by atoms with Gasteiger partial charge in [0.1, 0.15) is 0 Å². The molecule has 5 aromatic carbocycles. The number of nitrogen functional groups attached to an aromatic ring is 1. The number of anilines is 3. The number of hydrogen-bond donors (Lipinski definition) is 2. The lowest BCUT2D eigenvalue weighted by Gasteiger charge is -2.16. The highest BCUT2D eigenvalue weighted by Gasteiger charge is 2.12. The highest BCUT2D eigenvalue weighted by Crippen LogP contribution is 2.39. The summed E-state index contributed by atoms with van der Waals surface area (Å²) < 4.78 is 0. The van der Waals surface area contributed by atoms with Gasteiger partial charge in [-0.05, 0) is 46.2 Å². The molecule has 0 saturated heterocycles. The van der Waals surface area contributed by atoms with Gasteiger partial charge < -0.3 is 11.1 Å². The van der Waals surface area contributed by atoms with E-state index in [1.807, 2.05) is 36.4 Å². The summed E-state index contributed by atoms with van der Waals surface area (Å²) in [5, 5.41) is 5.98. The molecule has 2 nitrogen and oxygen atoms in total. The van der Waals surface area contributed by atoms with Crippen molar-refractivity contribution in [3.8, 4) is 22.3 Å². The highest BCUT2D eigenvalue weighted by atomic mass is 14.9. The third-order valence-electron chi connectivity index (χ3n) is 5.44.